The minimum atomic E-state index is 0.922. The van der Waals surface area contributed by atoms with Gasteiger partial charge in [0.25, 0.3) is 0 Å². The molecule has 0 unspecified atom stereocenters. The monoisotopic (exact) mass is 991 g/mol. The van der Waals surface area contributed by atoms with Gasteiger partial charge in [-0.3, -0.25) is 0 Å². The Labute approximate surface area is 437 Å². The van der Waals surface area contributed by atoms with E-state index < -0.39 is 0 Å². The predicted octanol–water partition coefficient (Wildman–Crippen LogP) is 22.3. The van der Waals surface area contributed by atoms with E-state index in [1.54, 1.807) is 16.7 Å². The molecule has 0 radical (unpaired) electrons. The van der Waals surface area contributed by atoms with E-state index in [1.807, 2.05) is 14.4 Å². The van der Waals surface area contributed by atoms with E-state index >= 15 is 0 Å². The molecule has 0 aliphatic rings. The van der Waals surface area contributed by atoms with Crippen molar-refractivity contribution < 1.29 is 19.2 Å². The standard InChI is InChI=1S/C58H94N2.2C4H9.Ni/c1-9-14-19-20-21-22-23-24-25-26-27-28-29-30-31-32-33-34-35-36-37-40-53(47-60-59)57(42-18-13-5)58(54-43-48(6)50(8)49(7)44-54)55-45-51(38-15-10-2)56(41-17-12-4)52(46-55)39-16-11-3;2*1-3-4-2;/h37,40,43-46H,9-36,38-39,41-42H2,1-8H3;2*1,3-4H2,2H3;. The first-order valence-electron chi connectivity index (χ1n) is 29.8. The molecule has 2 aromatic carbocycles. The number of hydrogen-bond donors (Lipinski definition) is 0. The van der Waals surface area contributed by atoms with Crippen LogP contribution in [-0.2, 0) is 33.7 Å². The fourth-order valence-electron chi connectivity index (χ4n) is 9.50. The van der Waals surface area contributed by atoms with Crippen LogP contribution in [0.2, 0.25) is 10.8 Å². The first kappa shape index (κ1) is 64.6. The van der Waals surface area contributed by atoms with Crippen molar-refractivity contribution in [1.29, 1.82) is 0 Å². The van der Waals surface area contributed by atoms with E-state index in [-0.39, 0.29) is 0 Å². The van der Waals surface area contributed by atoms with Crippen LogP contribution in [0.25, 0.3) is 11.1 Å². The number of nitrogens with zero attached hydrogens (tertiary/aromatic N) is 2. The number of benzene rings is 2. The molecule has 0 amide bonds. The average molecular weight is 992 g/mol. The van der Waals surface area contributed by atoms with Gasteiger partial charge in [-0.1, -0.05) is 206 Å². The maximum absolute atomic E-state index is 10.1. The van der Waals surface area contributed by atoms with Crippen molar-refractivity contribution in [2.45, 2.75) is 311 Å². The molecular weight excluding hydrogens is 879 g/mol. The molecule has 0 heterocycles. The zero-order valence-corrected chi connectivity index (χ0v) is 48.5. The Morgan fingerprint density at radius 3 is 1.29 bits per heavy atom. The summed E-state index contributed by atoms with van der Waals surface area (Å²) in [5.41, 5.74) is 24.9. The summed E-state index contributed by atoms with van der Waals surface area (Å²) in [5, 5.41) is 2.78. The molecule has 0 saturated heterocycles. The molecule has 0 N–H and O–H groups in total. The number of hydrogen-bond acceptors (Lipinski definition) is 0. The Balaban J connectivity index is 0.00000238. The molecule has 2 aromatic rings. The number of aryl methyl sites for hydroxylation is 4. The van der Waals surface area contributed by atoms with E-state index in [1.165, 1.54) is 242 Å². The van der Waals surface area contributed by atoms with Crippen molar-refractivity contribution in [2.75, 3.05) is 0 Å². The van der Waals surface area contributed by atoms with E-state index in [4.69, 9.17) is 0 Å². The second kappa shape index (κ2) is 45.4. The van der Waals surface area contributed by atoms with Crippen molar-refractivity contribution in [2.24, 2.45) is 0 Å². The molecule has 2 nitrogen and oxygen atoms in total. The topological polar surface area (TPSA) is 36.4 Å². The van der Waals surface area contributed by atoms with E-state index in [0.717, 1.165) is 44.1 Å². The molecule has 2 rings (SSSR count). The molecule has 0 fully saturated rings. The number of allylic oxidation sites excluding steroid dienone is 4. The normalized spacial score (nSPS) is 11.7. The summed E-state index contributed by atoms with van der Waals surface area (Å²) in [5.74, 6) is 3.10. The van der Waals surface area contributed by atoms with Crippen LogP contribution in [0.1, 0.15) is 305 Å². The molecule has 0 atom stereocenters. The molecule has 69 heavy (non-hydrogen) atoms. The van der Waals surface area contributed by atoms with E-state index in [2.05, 4.69) is 116 Å². The summed E-state index contributed by atoms with van der Waals surface area (Å²) >= 11 is 1.94. The van der Waals surface area contributed by atoms with Crippen LogP contribution in [0.4, 0.5) is 0 Å². The molecule has 0 bridgehead atoms. The van der Waals surface area contributed by atoms with E-state index in [9.17, 15) is 5.53 Å². The van der Waals surface area contributed by atoms with Gasteiger partial charge in [0, 0.05) is 0 Å². The second-order valence-electron chi connectivity index (χ2n) is 20.6. The summed E-state index contributed by atoms with van der Waals surface area (Å²) < 4.78 is 0. The first-order valence-corrected chi connectivity index (χ1v) is 31.2. The van der Waals surface area contributed by atoms with Crippen molar-refractivity contribution >= 4 is 11.4 Å². The van der Waals surface area contributed by atoms with Gasteiger partial charge in [-0.25, -0.2) is 0 Å². The van der Waals surface area contributed by atoms with Crippen LogP contribution in [-0.4, -0.2) is 10.7 Å². The fourth-order valence-corrected chi connectivity index (χ4v) is 10.9. The van der Waals surface area contributed by atoms with Gasteiger partial charge >= 0.3 is 70.6 Å². The second-order valence-corrected chi connectivity index (χ2v) is 22.1. The summed E-state index contributed by atoms with van der Waals surface area (Å²) in [6.45, 7) is 22.8. The number of rotatable bonds is 42. The van der Waals surface area contributed by atoms with Gasteiger partial charge in [0.15, 0.2) is 0 Å². The fraction of sp³-hybridized carbons (Fsp3) is 0.727. The van der Waals surface area contributed by atoms with Gasteiger partial charge in [-0.05, 0) is 147 Å². The molecule has 3 heteroatoms. The molecule has 0 aromatic heterocycles. The Bertz CT molecular complexity index is 1660. The Morgan fingerprint density at radius 1 is 0.478 bits per heavy atom. The molecule has 0 saturated carbocycles. The van der Waals surface area contributed by atoms with Gasteiger partial charge < -0.3 is 5.53 Å². The van der Waals surface area contributed by atoms with Crippen molar-refractivity contribution in [3.05, 3.63) is 97.6 Å². The zero-order chi connectivity index (χ0) is 50.6. The maximum atomic E-state index is 10.1. The third kappa shape index (κ3) is 30.3. The van der Waals surface area contributed by atoms with Crippen LogP contribution >= 0.6 is 0 Å². The van der Waals surface area contributed by atoms with Crippen LogP contribution in [0.3, 0.4) is 0 Å². The van der Waals surface area contributed by atoms with Crippen molar-refractivity contribution in [3.63, 3.8) is 0 Å². The van der Waals surface area contributed by atoms with Crippen molar-refractivity contribution in [3.8, 4) is 0 Å². The van der Waals surface area contributed by atoms with Crippen LogP contribution in [0, 0.1) is 20.8 Å². The van der Waals surface area contributed by atoms with Crippen LogP contribution in [0.5, 0.6) is 0 Å². The third-order valence-corrected chi connectivity index (χ3v) is 15.7. The molecular formula is C66H112N2Ni. The summed E-state index contributed by atoms with van der Waals surface area (Å²) in [7, 11) is 0. The average Bonchev–Trinajstić information content (AvgIpc) is 3.35. The summed E-state index contributed by atoms with van der Waals surface area (Å²) in [6, 6.07) is 9.92. The van der Waals surface area contributed by atoms with E-state index in [0.29, 0.717) is 0 Å². The molecule has 0 aliphatic heterocycles. The number of unbranched alkanes of at least 4 members (excludes halogenated alkanes) is 25. The Hall–Kier alpha value is -2.43. The Morgan fingerprint density at radius 2 is 0.870 bits per heavy atom. The van der Waals surface area contributed by atoms with Gasteiger partial charge in [0.05, 0.1) is 0 Å². The zero-order valence-electron chi connectivity index (χ0n) is 47.5. The minimum absolute atomic E-state index is 0.922. The van der Waals surface area contributed by atoms with Gasteiger partial charge in [-0.2, -0.15) is 0 Å². The summed E-state index contributed by atoms with van der Waals surface area (Å²) in [4.78, 5) is 3.58. The molecule has 0 spiro atoms. The third-order valence-electron chi connectivity index (χ3n) is 14.3. The van der Waals surface area contributed by atoms with Crippen molar-refractivity contribution in [1.82, 2.24) is 0 Å². The first-order chi connectivity index (χ1) is 33.8. The Kier molecular flexibility index (Phi) is 42.5. The van der Waals surface area contributed by atoms with Gasteiger partial charge in [0.2, 0.25) is 0 Å². The predicted molar refractivity (Wildman–Crippen MR) is 307 cm³/mol. The summed E-state index contributed by atoms with van der Waals surface area (Å²) in [6.07, 6.45) is 51.6. The van der Waals surface area contributed by atoms with Crippen LogP contribution < -0.4 is 0 Å². The van der Waals surface area contributed by atoms with Gasteiger partial charge in [0.1, 0.15) is 5.57 Å². The SMILES string of the molecule is CCCCCCCCCCCCCCCCCCCCCC=CC(=C=[N+]=[N-])C(CCCC)=C(c1cc(C)c(C)c(C)c1)c1cc(CCCC)c(CCCC)c(CCCC)c1.CCC[CH2][Ni][CH2]CCC. The molecule has 396 valence electrons. The van der Waals surface area contributed by atoms with Crippen LogP contribution in [0.15, 0.2) is 47.6 Å². The quantitative estimate of drug-likeness (QED) is 0.0159. The molecule has 0 aliphatic carbocycles. The van der Waals surface area contributed by atoms with Gasteiger partial charge in [-0.15, -0.1) is 4.79 Å².